The maximum absolute atomic E-state index is 4.38. The summed E-state index contributed by atoms with van der Waals surface area (Å²) in [5.41, 5.74) is 0. The van der Waals surface area contributed by atoms with E-state index in [1.165, 1.54) is 5.37 Å². The summed E-state index contributed by atoms with van der Waals surface area (Å²) < 4.78 is 0. The molecular weight excluding hydrogens is 100 g/mol. The molecule has 0 aromatic rings. The van der Waals surface area contributed by atoms with E-state index in [-0.39, 0.29) is 0 Å². The third-order valence-corrected chi connectivity index (χ3v) is 0.724. The second-order valence-electron chi connectivity index (χ2n) is 0.609. The smallest absolute Gasteiger partial charge is 0.0141 e. The zero-order chi connectivity index (χ0) is 4.28. The van der Waals surface area contributed by atoms with Crippen LogP contribution in [0, 0.1) is 0 Å². The zero-order valence-corrected chi connectivity index (χ0v) is 4.35. The van der Waals surface area contributed by atoms with E-state index >= 15 is 0 Å². The van der Waals surface area contributed by atoms with Gasteiger partial charge in [-0.3, -0.25) is 0 Å². The molecule has 0 atom stereocenters. The summed E-state index contributed by atoms with van der Waals surface area (Å²) in [4.78, 5) is 0.639. The Morgan fingerprint density at radius 1 is 2.00 bits per heavy atom. The number of allylic oxidation sites excluding steroid dienone is 1. The largest absolute Gasteiger partial charge is 0.143 e. The van der Waals surface area contributed by atoms with Gasteiger partial charge in [0.05, 0.1) is 0 Å². The van der Waals surface area contributed by atoms with Gasteiger partial charge in [-0.25, -0.2) is 0 Å². The average molecular weight is 104 g/mol. The van der Waals surface area contributed by atoms with Gasteiger partial charge in [-0.2, -0.15) is 0 Å². The Bertz CT molecular complexity index is 55.9. The summed E-state index contributed by atoms with van der Waals surface area (Å²) in [5, 5.41) is 1.42. The highest BCUT2D eigenvalue weighted by molar-refractivity contribution is 7.89. The second kappa shape index (κ2) is 2.42. The first-order chi connectivity index (χ1) is 2.27. The molecule has 0 unspecified atom stereocenters. The van der Waals surface area contributed by atoms with Crippen LogP contribution in [0.5, 0.6) is 0 Å². The molecule has 0 nitrogen and oxygen atoms in total. The van der Waals surface area contributed by atoms with E-state index < -0.39 is 0 Å². The van der Waals surface area contributed by atoms with E-state index in [0.717, 1.165) is 0 Å². The molecule has 0 spiro atoms. The summed E-state index contributed by atoms with van der Waals surface area (Å²) in [7, 11) is 0. The van der Waals surface area contributed by atoms with Crippen LogP contribution in [0.4, 0.5) is 0 Å². The van der Waals surface area contributed by atoms with E-state index in [1.807, 2.05) is 0 Å². The third kappa shape index (κ3) is 4.18. The van der Waals surface area contributed by atoms with Crippen molar-refractivity contribution in [3.8, 4) is 0 Å². The van der Waals surface area contributed by atoms with E-state index in [9.17, 15) is 0 Å². The van der Waals surface area contributed by atoms with Crippen LogP contribution in [0.2, 0.25) is 0 Å². The van der Waals surface area contributed by atoms with Crippen molar-refractivity contribution in [3.63, 3.8) is 0 Å². The maximum atomic E-state index is 4.38. The van der Waals surface area contributed by atoms with Crippen molar-refractivity contribution < 1.29 is 0 Å². The predicted octanol–water partition coefficient (Wildman–Crippen LogP) is 1.43. The van der Waals surface area contributed by atoms with Crippen molar-refractivity contribution in [2.24, 2.45) is 0 Å². The number of hydrogen-bond acceptors (Lipinski definition) is 2. The van der Waals surface area contributed by atoms with Crippen LogP contribution < -0.4 is 0 Å². The molecule has 0 aliphatic rings. The van der Waals surface area contributed by atoms with Crippen molar-refractivity contribution in [2.45, 2.75) is 0 Å². The molecule has 0 aromatic heterocycles. The van der Waals surface area contributed by atoms with Crippen LogP contribution in [-0.2, 0) is 0 Å². The quantitative estimate of drug-likeness (QED) is 0.298. The lowest BCUT2D eigenvalue weighted by Crippen LogP contribution is -1.55. The predicted molar refractivity (Wildman–Crippen MR) is 31.8 cm³/mol. The molecule has 0 rings (SSSR count). The molecule has 0 radical (unpaired) electrons. The van der Waals surface area contributed by atoms with E-state index in [2.05, 4.69) is 31.4 Å². The molecule has 0 aliphatic heterocycles. The Morgan fingerprint density at radius 3 is 2.20 bits per heavy atom. The molecular formula is C3H4S2. The summed E-state index contributed by atoms with van der Waals surface area (Å²) >= 11 is 8.12. The molecule has 0 aromatic carbocycles. The third-order valence-electron chi connectivity index (χ3n) is 0.136. The Labute approximate surface area is 42.3 Å². The number of hydrogen-bond donors (Lipinski definition) is 1. The van der Waals surface area contributed by atoms with Crippen molar-refractivity contribution in [3.05, 3.63) is 11.5 Å². The molecule has 0 saturated heterocycles. The van der Waals surface area contributed by atoms with Crippen molar-refractivity contribution in [2.75, 3.05) is 0 Å². The lowest BCUT2D eigenvalue weighted by Gasteiger charge is -1.68. The van der Waals surface area contributed by atoms with Crippen molar-refractivity contribution in [1.82, 2.24) is 0 Å². The Balaban J connectivity index is 3.20. The summed E-state index contributed by atoms with van der Waals surface area (Å²) in [5.74, 6) is 0. The molecule has 0 aliphatic carbocycles. The van der Waals surface area contributed by atoms with Crippen LogP contribution >= 0.6 is 24.8 Å². The lowest BCUT2D eigenvalue weighted by molar-refractivity contribution is 2.45. The van der Waals surface area contributed by atoms with Gasteiger partial charge >= 0.3 is 0 Å². The lowest BCUT2D eigenvalue weighted by atomic mass is 10.8. The minimum atomic E-state index is 0.639. The normalized spacial score (nSPS) is 6.60. The van der Waals surface area contributed by atoms with Crippen LogP contribution in [0.3, 0.4) is 0 Å². The second-order valence-corrected chi connectivity index (χ2v) is 1.42. The van der Waals surface area contributed by atoms with Gasteiger partial charge in [0.1, 0.15) is 0 Å². The summed E-state index contributed by atoms with van der Waals surface area (Å²) in [6.45, 7) is 3.38. The minimum absolute atomic E-state index is 0.639. The van der Waals surface area contributed by atoms with Crippen LogP contribution in [0.25, 0.3) is 0 Å². The van der Waals surface area contributed by atoms with E-state index in [4.69, 9.17) is 0 Å². The first-order valence-corrected chi connectivity index (χ1v) is 2.02. The highest BCUT2D eigenvalue weighted by atomic mass is 32.1. The number of thiocarbonyl (C=S) groups is 1. The average Bonchev–Trinajstić information content (AvgIpc) is 1.38. The molecule has 2 heteroatoms. The number of rotatable bonds is 1. The molecule has 0 fully saturated rings. The molecule has 0 heterocycles. The zero-order valence-electron chi connectivity index (χ0n) is 2.64. The molecule has 0 amide bonds. The van der Waals surface area contributed by atoms with E-state index in [1.54, 1.807) is 0 Å². The molecule has 5 heavy (non-hydrogen) atoms. The van der Waals surface area contributed by atoms with Gasteiger partial charge in [0.2, 0.25) is 0 Å². The fourth-order valence-corrected chi connectivity index (χ4v) is 0. The van der Waals surface area contributed by atoms with Crippen LogP contribution in [0.15, 0.2) is 11.5 Å². The molecule has 28 valence electrons. The Kier molecular flexibility index (Phi) is 2.51. The van der Waals surface area contributed by atoms with Crippen LogP contribution in [0.1, 0.15) is 0 Å². The first kappa shape index (κ1) is 5.18. The maximum Gasteiger partial charge on any atom is 0.0141 e. The van der Waals surface area contributed by atoms with Gasteiger partial charge in [-0.15, -0.1) is 12.6 Å². The Morgan fingerprint density at radius 2 is 2.20 bits per heavy atom. The highest BCUT2D eigenvalue weighted by Crippen LogP contribution is 1.86. The fraction of sp³-hybridized carbons (Fsp3) is 0. The van der Waals surface area contributed by atoms with Gasteiger partial charge in [0.25, 0.3) is 0 Å². The van der Waals surface area contributed by atoms with E-state index in [0.29, 0.717) is 4.91 Å². The monoisotopic (exact) mass is 104 g/mol. The topological polar surface area (TPSA) is 0 Å². The standard InChI is InChI=1S/C3H4S2/c1-3(5)2-4/h2,5H,1H2. The Hall–Kier alpha value is 0.180. The van der Waals surface area contributed by atoms with Crippen molar-refractivity contribution in [1.29, 1.82) is 0 Å². The summed E-state index contributed by atoms with van der Waals surface area (Å²) in [6.07, 6.45) is 0. The minimum Gasteiger partial charge on any atom is -0.143 e. The molecule has 0 saturated carbocycles. The summed E-state index contributed by atoms with van der Waals surface area (Å²) in [6, 6.07) is 0. The van der Waals surface area contributed by atoms with Gasteiger partial charge < -0.3 is 0 Å². The van der Waals surface area contributed by atoms with Gasteiger partial charge in [-0.1, -0.05) is 18.8 Å². The fourth-order valence-electron chi connectivity index (χ4n) is 0. The SMILES string of the molecule is C=C(S)C=S. The first-order valence-electron chi connectivity index (χ1n) is 1.10. The van der Waals surface area contributed by atoms with Crippen molar-refractivity contribution >= 4 is 30.2 Å². The van der Waals surface area contributed by atoms with Gasteiger partial charge in [0.15, 0.2) is 0 Å². The van der Waals surface area contributed by atoms with Gasteiger partial charge in [-0.05, 0) is 0 Å². The number of thiol groups is 1. The molecule has 0 bridgehead atoms. The van der Waals surface area contributed by atoms with Gasteiger partial charge in [0, 0.05) is 10.3 Å². The van der Waals surface area contributed by atoms with Crippen LogP contribution in [-0.4, -0.2) is 5.37 Å². The molecule has 0 N–H and O–H groups in total. The highest BCUT2D eigenvalue weighted by Gasteiger charge is 1.63.